The summed E-state index contributed by atoms with van der Waals surface area (Å²) in [5.74, 6) is -0.0116. The second-order valence-electron chi connectivity index (χ2n) is 5.34. The van der Waals surface area contributed by atoms with Crippen LogP contribution < -0.4 is 15.5 Å². The first-order valence-electron chi connectivity index (χ1n) is 7.56. The van der Waals surface area contributed by atoms with E-state index in [0.29, 0.717) is 13.2 Å². The summed E-state index contributed by atoms with van der Waals surface area (Å²) in [6.07, 6.45) is 0.832. The highest BCUT2D eigenvalue weighted by atomic mass is 16.5. The Labute approximate surface area is 126 Å². The number of hydrogen-bond donors (Lipinski definition) is 2. The number of benzene rings is 1. The van der Waals surface area contributed by atoms with Gasteiger partial charge in [0.2, 0.25) is 0 Å². The van der Waals surface area contributed by atoms with Crippen LogP contribution in [0.2, 0.25) is 0 Å². The van der Waals surface area contributed by atoms with Crippen molar-refractivity contribution in [1.29, 1.82) is 0 Å². The fraction of sp³-hybridized carbons (Fsp3) is 0.562. The Balaban J connectivity index is 2.01. The zero-order valence-corrected chi connectivity index (χ0v) is 12.9. The van der Waals surface area contributed by atoms with Gasteiger partial charge in [0.1, 0.15) is 0 Å². The van der Waals surface area contributed by atoms with Crippen LogP contribution in [0, 0.1) is 6.92 Å². The fourth-order valence-corrected chi connectivity index (χ4v) is 2.52. The summed E-state index contributed by atoms with van der Waals surface area (Å²) >= 11 is 0. The highest BCUT2D eigenvalue weighted by Gasteiger charge is 2.15. The Morgan fingerprint density at radius 1 is 1.38 bits per heavy atom. The summed E-state index contributed by atoms with van der Waals surface area (Å²) < 4.78 is 4.98. The number of nitrogens with one attached hydrogen (secondary N) is 2. The molecule has 1 fully saturated rings. The predicted molar refractivity (Wildman–Crippen MR) is 85.1 cm³/mol. The first kappa shape index (κ1) is 15.8. The zero-order valence-electron chi connectivity index (χ0n) is 12.9. The Hall–Kier alpha value is -1.59. The number of rotatable bonds is 6. The summed E-state index contributed by atoms with van der Waals surface area (Å²) in [6, 6.07) is 5.93. The van der Waals surface area contributed by atoms with Crippen molar-refractivity contribution in [3.05, 3.63) is 29.3 Å². The molecule has 0 bridgehead atoms. The number of amides is 1. The first-order valence-corrected chi connectivity index (χ1v) is 7.56. The number of carbonyl (C=O) groups excluding carboxylic acids is 1. The largest absolute Gasteiger partial charge is 0.385 e. The third-order valence-corrected chi connectivity index (χ3v) is 3.74. The third-order valence-electron chi connectivity index (χ3n) is 3.74. The standard InChI is InChI=1S/C16H25N3O2/c1-13-4-5-14(16(20)18-6-3-11-21-2)12-15(13)19-9-7-17-8-10-19/h4-5,12,17H,3,6-11H2,1-2H3,(H,18,20). The van der Waals surface area contributed by atoms with Crippen molar-refractivity contribution in [2.45, 2.75) is 13.3 Å². The van der Waals surface area contributed by atoms with E-state index in [4.69, 9.17) is 4.74 Å². The zero-order chi connectivity index (χ0) is 15.1. The van der Waals surface area contributed by atoms with Crippen LogP contribution in [0.5, 0.6) is 0 Å². The molecular formula is C16H25N3O2. The molecule has 116 valence electrons. The maximum atomic E-state index is 12.2. The van der Waals surface area contributed by atoms with E-state index in [0.717, 1.165) is 38.2 Å². The summed E-state index contributed by atoms with van der Waals surface area (Å²) in [4.78, 5) is 14.5. The van der Waals surface area contributed by atoms with Crippen LogP contribution in [-0.4, -0.2) is 52.3 Å². The molecule has 0 spiro atoms. The van der Waals surface area contributed by atoms with Crippen LogP contribution >= 0.6 is 0 Å². The normalized spacial score (nSPS) is 15.0. The van der Waals surface area contributed by atoms with Gasteiger partial charge < -0.3 is 20.3 Å². The lowest BCUT2D eigenvalue weighted by Crippen LogP contribution is -2.43. The van der Waals surface area contributed by atoms with E-state index < -0.39 is 0 Å². The van der Waals surface area contributed by atoms with Crippen molar-refractivity contribution < 1.29 is 9.53 Å². The molecule has 2 rings (SSSR count). The van der Waals surface area contributed by atoms with Crippen LogP contribution in [0.3, 0.4) is 0 Å². The number of methoxy groups -OCH3 is 1. The van der Waals surface area contributed by atoms with Crippen molar-refractivity contribution in [2.24, 2.45) is 0 Å². The van der Waals surface area contributed by atoms with E-state index in [1.807, 2.05) is 18.2 Å². The van der Waals surface area contributed by atoms with Crippen LogP contribution in [0.1, 0.15) is 22.3 Å². The minimum atomic E-state index is -0.0116. The molecule has 2 N–H and O–H groups in total. The highest BCUT2D eigenvalue weighted by molar-refractivity contribution is 5.95. The van der Waals surface area contributed by atoms with Gasteiger partial charge in [-0.3, -0.25) is 4.79 Å². The van der Waals surface area contributed by atoms with Gasteiger partial charge in [-0.25, -0.2) is 0 Å². The van der Waals surface area contributed by atoms with Gasteiger partial charge in [0, 0.05) is 57.7 Å². The van der Waals surface area contributed by atoms with Crippen LogP contribution in [-0.2, 0) is 4.74 Å². The van der Waals surface area contributed by atoms with Crippen molar-refractivity contribution in [1.82, 2.24) is 10.6 Å². The quantitative estimate of drug-likeness (QED) is 0.773. The van der Waals surface area contributed by atoms with Crippen LogP contribution in [0.4, 0.5) is 5.69 Å². The van der Waals surface area contributed by atoms with E-state index >= 15 is 0 Å². The van der Waals surface area contributed by atoms with Crippen LogP contribution in [0.25, 0.3) is 0 Å². The van der Waals surface area contributed by atoms with Gasteiger partial charge in [-0.15, -0.1) is 0 Å². The summed E-state index contributed by atoms with van der Waals surface area (Å²) in [7, 11) is 1.67. The lowest BCUT2D eigenvalue weighted by molar-refractivity contribution is 0.0948. The van der Waals surface area contributed by atoms with E-state index in [2.05, 4.69) is 22.5 Å². The van der Waals surface area contributed by atoms with Crippen molar-refractivity contribution in [3.8, 4) is 0 Å². The molecule has 0 atom stereocenters. The molecule has 1 heterocycles. The molecule has 1 aliphatic rings. The predicted octanol–water partition coefficient (Wildman–Crippen LogP) is 1.17. The molecule has 1 aromatic rings. The van der Waals surface area contributed by atoms with Gasteiger partial charge in [0.05, 0.1) is 0 Å². The Morgan fingerprint density at radius 2 is 2.14 bits per heavy atom. The average Bonchev–Trinajstić information content (AvgIpc) is 2.52. The second kappa shape index (κ2) is 8.00. The fourth-order valence-electron chi connectivity index (χ4n) is 2.52. The van der Waals surface area contributed by atoms with Gasteiger partial charge >= 0.3 is 0 Å². The van der Waals surface area contributed by atoms with Crippen molar-refractivity contribution in [2.75, 3.05) is 51.3 Å². The minimum Gasteiger partial charge on any atom is -0.385 e. The van der Waals surface area contributed by atoms with Gasteiger partial charge in [0.15, 0.2) is 0 Å². The van der Waals surface area contributed by atoms with Crippen LogP contribution in [0.15, 0.2) is 18.2 Å². The minimum absolute atomic E-state index is 0.0116. The highest BCUT2D eigenvalue weighted by Crippen LogP contribution is 2.22. The molecule has 0 aliphatic carbocycles. The number of anilines is 1. The van der Waals surface area contributed by atoms with Gasteiger partial charge in [-0.05, 0) is 31.0 Å². The Bertz CT molecular complexity index is 471. The summed E-state index contributed by atoms with van der Waals surface area (Å²) in [6.45, 7) is 7.36. The number of ether oxygens (including phenoxy) is 1. The lowest BCUT2D eigenvalue weighted by Gasteiger charge is -2.31. The number of piperazine rings is 1. The number of carbonyl (C=O) groups is 1. The topological polar surface area (TPSA) is 53.6 Å². The summed E-state index contributed by atoms with van der Waals surface area (Å²) in [5.41, 5.74) is 3.11. The maximum Gasteiger partial charge on any atom is 0.251 e. The molecule has 1 saturated heterocycles. The molecule has 5 nitrogen and oxygen atoms in total. The smallest absolute Gasteiger partial charge is 0.251 e. The average molecular weight is 291 g/mol. The number of aryl methyl sites for hydroxylation is 1. The Morgan fingerprint density at radius 3 is 2.86 bits per heavy atom. The molecule has 0 unspecified atom stereocenters. The van der Waals surface area contributed by atoms with Gasteiger partial charge in [-0.1, -0.05) is 6.07 Å². The second-order valence-corrected chi connectivity index (χ2v) is 5.34. The monoisotopic (exact) mass is 291 g/mol. The van der Waals surface area contributed by atoms with E-state index in [9.17, 15) is 4.79 Å². The lowest BCUT2D eigenvalue weighted by atomic mass is 10.1. The molecular weight excluding hydrogens is 266 g/mol. The molecule has 0 aromatic heterocycles. The van der Waals surface area contributed by atoms with E-state index in [1.54, 1.807) is 7.11 Å². The third kappa shape index (κ3) is 4.44. The molecule has 1 aromatic carbocycles. The molecule has 1 amide bonds. The molecule has 1 aliphatic heterocycles. The summed E-state index contributed by atoms with van der Waals surface area (Å²) in [5, 5.41) is 6.28. The number of hydrogen-bond acceptors (Lipinski definition) is 4. The van der Waals surface area contributed by atoms with Gasteiger partial charge in [-0.2, -0.15) is 0 Å². The van der Waals surface area contributed by atoms with Crippen molar-refractivity contribution >= 4 is 11.6 Å². The molecule has 0 radical (unpaired) electrons. The molecule has 0 saturated carbocycles. The molecule has 21 heavy (non-hydrogen) atoms. The molecule has 5 heteroatoms. The first-order chi connectivity index (χ1) is 10.2. The SMILES string of the molecule is COCCCNC(=O)c1ccc(C)c(N2CCNCC2)c1. The van der Waals surface area contributed by atoms with E-state index in [-0.39, 0.29) is 5.91 Å². The Kier molecular flexibility index (Phi) is 6.02. The van der Waals surface area contributed by atoms with E-state index in [1.165, 1.54) is 11.3 Å². The van der Waals surface area contributed by atoms with Gasteiger partial charge in [0.25, 0.3) is 5.91 Å². The van der Waals surface area contributed by atoms with Crippen molar-refractivity contribution in [3.63, 3.8) is 0 Å². The maximum absolute atomic E-state index is 12.2. The number of nitrogens with zero attached hydrogens (tertiary/aromatic N) is 1.